The second kappa shape index (κ2) is 7.84. The maximum absolute atomic E-state index is 6.15. The highest BCUT2D eigenvalue weighted by Gasteiger charge is 2.12. The van der Waals surface area contributed by atoms with E-state index < -0.39 is 0 Å². The standard InChI is InChI=1S/C19H26N2/c1-3-18(20)14-17-12-8-9-13-19(17)21(4-2)15-16-10-6-5-7-11-16/h5-13,18H,3-4,14-15,20H2,1-2H3. The maximum Gasteiger partial charge on any atom is 0.0429 e. The first-order valence-corrected chi connectivity index (χ1v) is 7.87. The lowest BCUT2D eigenvalue weighted by Crippen LogP contribution is -2.26. The van der Waals surface area contributed by atoms with Crippen LogP contribution in [-0.4, -0.2) is 12.6 Å². The molecule has 0 aliphatic carbocycles. The third kappa shape index (κ3) is 4.33. The number of nitrogens with two attached hydrogens (primary N) is 1. The van der Waals surface area contributed by atoms with Crippen molar-refractivity contribution in [3.05, 3.63) is 65.7 Å². The number of rotatable bonds is 7. The Morgan fingerprint density at radius 1 is 0.952 bits per heavy atom. The van der Waals surface area contributed by atoms with E-state index in [1.54, 1.807) is 0 Å². The van der Waals surface area contributed by atoms with Crippen LogP contribution in [0, 0.1) is 0 Å². The molecule has 0 saturated carbocycles. The monoisotopic (exact) mass is 282 g/mol. The fourth-order valence-electron chi connectivity index (χ4n) is 2.59. The Kier molecular flexibility index (Phi) is 5.82. The molecule has 2 aromatic carbocycles. The lowest BCUT2D eigenvalue weighted by molar-refractivity contribution is 0.644. The molecule has 0 amide bonds. The van der Waals surface area contributed by atoms with E-state index in [2.05, 4.69) is 73.3 Å². The number of anilines is 1. The van der Waals surface area contributed by atoms with E-state index >= 15 is 0 Å². The summed E-state index contributed by atoms with van der Waals surface area (Å²) in [5.41, 5.74) is 10.2. The minimum Gasteiger partial charge on any atom is -0.367 e. The van der Waals surface area contributed by atoms with Gasteiger partial charge in [-0.1, -0.05) is 55.5 Å². The number of hydrogen-bond donors (Lipinski definition) is 1. The molecule has 0 aliphatic heterocycles. The van der Waals surface area contributed by atoms with Gasteiger partial charge in [0.15, 0.2) is 0 Å². The van der Waals surface area contributed by atoms with E-state index in [9.17, 15) is 0 Å². The smallest absolute Gasteiger partial charge is 0.0429 e. The largest absolute Gasteiger partial charge is 0.367 e. The molecule has 0 spiro atoms. The molecule has 0 bridgehead atoms. The van der Waals surface area contributed by atoms with Gasteiger partial charge in [0.05, 0.1) is 0 Å². The van der Waals surface area contributed by atoms with Crippen LogP contribution >= 0.6 is 0 Å². The van der Waals surface area contributed by atoms with E-state index in [1.165, 1.54) is 16.8 Å². The third-order valence-corrected chi connectivity index (χ3v) is 3.94. The lowest BCUT2D eigenvalue weighted by atomic mass is 10.0. The Labute approximate surface area is 128 Å². The molecule has 0 aromatic heterocycles. The van der Waals surface area contributed by atoms with Gasteiger partial charge < -0.3 is 10.6 Å². The first-order chi connectivity index (χ1) is 10.2. The first kappa shape index (κ1) is 15.6. The molecule has 0 saturated heterocycles. The van der Waals surface area contributed by atoms with Crippen LogP contribution in [0.15, 0.2) is 54.6 Å². The van der Waals surface area contributed by atoms with Crippen molar-refractivity contribution >= 4 is 5.69 Å². The SMILES string of the molecule is CCC(N)Cc1ccccc1N(CC)Cc1ccccc1. The van der Waals surface area contributed by atoms with Crippen molar-refractivity contribution in [1.29, 1.82) is 0 Å². The van der Waals surface area contributed by atoms with E-state index in [4.69, 9.17) is 5.73 Å². The summed E-state index contributed by atoms with van der Waals surface area (Å²) < 4.78 is 0. The van der Waals surface area contributed by atoms with Gasteiger partial charge in [-0.3, -0.25) is 0 Å². The second-order valence-corrected chi connectivity index (χ2v) is 5.50. The molecule has 2 nitrogen and oxygen atoms in total. The van der Waals surface area contributed by atoms with Crippen molar-refractivity contribution in [2.75, 3.05) is 11.4 Å². The van der Waals surface area contributed by atoms with Crippen LogP contribution in [0.1, 0.15) is 31.4 Å². The van der Waals surface area contributed by atoms with Gasteiger partial charge in [-0.25, -0.2) is 0 Å². The summed E-state index contributed by atoms with van der Waals surface area (Å²) in [6.45, 7) is 6.29. The van der Waals surface area contributed by atoms with E-state index in [0.717, 1.165) is 25.9 Å². The van der Waals surface area contributed by atoms with Crippen molar-refractivity contribution in [2.24, 2.45) is 5.73 Å². The zero-order chi connectivity index (χ0) is 15.1. The molecule has 2 rings (SSSR count). The fraction of sp³-hybridized carbons (Fsp3) is 0.368. The molecule has 21 heavy (non-hydrogen) atoms. The molecule has 0 heterocycles. The molecular weight excluding hydrogens is 256 g/mol. The van der Waals surface area contributed by atoms with E-state index in [-0.39, 0.29) is 6.04 Å². The van der Waals surface area contributed by atoms with E-state index in [0.29, 0.717) is 0 Å². The van der Waals surface area contributed by atoms with Crippen molar-refractivity contribution < 1.29 is 0 Å². The molecule has 0 fully saturated rings. The summed E-state index contributed by atoms with van der Waals surface area (Å²) >= 11 is 0. The first-order valence-electron chi connectivity index (χ1n) is 7.87. The molecule has 112 valence electrons. The van der Waals surface area contributed by atoms with Gasteiger partial charge in [-0.2, -0.15) is 0 Å². The fourth-order valence-corrected chi connectivity index (χ4v) is 2.59. The number of para-hydroxylation sites is 1. The topological polar surface area (TPSA) is 29.3 Å². The van der Waals surface area contributed by atoms with Gasteiger partial charge in [0.2, 0.25) is 0 Å². The van der Waals surface area contributed by atoms with Gasteiger partial charge in [-0.05, 0) is 37.0 Å². The highest BCUT2D eigenvalue weighted by molar-refractivity contribution is 5.54. The van der Waals surface area contributed by atoms with Crippen LogP contribution in [0.2, 0.25) is 0 Å². The maximum atomic E-state index is 6.15. The predicted octanol–water partition coefficient (Wildman–Crippen LogP) is 3.99. The predicted molar refractivity (Wildman–Crippen MR) is 91.6 cm³/mol. The van der Waals surface area contributed by atoms with Crippen LogP contribution in [0.5, 0.6) is 0 Å². The minimum absolute atomic E-state index is 0.238. The summed E-state index contributed by atoms with van der Waals surface area (Å²) in [6.07, 6.45) is 1.96. The van der Waals surface area contributed by atoms with Gasteiger partial charge in [0.25, 0.3) is 0 Å². The Bertz CT molecular complexity index is 536. The zero-order valence-corrected chi connectivity index (χ0v) is 13.1. The van der Waals surface area contributed by atoms with Crippen LogP contribution in [0.25, 0.3) is 0 Å². The second-order valence-electron chi connectivity index (χ2n) is 5.50. The quantitative estimate of drug-likeness (QED) is 0.832. The summed E-state index contributed by atoms with van der Waals surface area (Å²) in [5.74, 6) is 0. The van der Waals surface area contributed by atoms with Crippen molar-refractivity contribution in [2.45, 2.75) is 39.3 Å². The van der Waals surface area contributed by atoms with Crippen LogP contribution in [0.4, 0.5) is 5.69 Å². The number of benzene rings is 2. The average Bonchev–Trinajstić information content (AvgIpc) is 2.54. The molecule has 2 N–H and O–H groups in total. The van der Waals surface area contributed by atoms with Crippen molar-refractivity contribution in [3.8, 4) is 0 Å². The Morgan fingerprint density at radius 2 is 1.62 bits per heavy atom. The Hall–Kier alpha value is -1.80. The minimum atomic E-state index is 0.238. The van der Waals surface area contributed by atoms with Crippen LogP contribution in [-0.2, 0) is 13.0 Å². The molecule has 2 heteroatoms. The summed E-state index contributed by atoms with van der Waals surface area (Å²) in [6, 6.07) is 19.5. The van der Waals surface area contributed by atoms with Crippen LogP contribution in [0.3, 0.4) is 0 Å². The highest BCUT2D eigenvalue weighted by Crippen LogP contribution is 2.23. The van der Waals surface area contributed by atoms with Gasteiger partial charge >= 0.3 is 0 Å². The van der Waals surface area contributed by atoms with Gasteiger partial charge in [0, 0.05) is 24.8 Å². The summed E-state index contributed by atoms with van der Waals surface area (Å²) in [5, 5.41) is 0. The van der Waals surface area contributed by atoms with Crippen LogP contribution < -0.4 is 10.6 Å². The van der Waals surface area contributed by atoms with Crippen molar-refractivity contribution in [3.63, 3.8) is 0 Å². The number of nitrogens with zero attached hydrogens (tertiary/aromatic N) is 1. The number of hydrogen-bond acceptors (Lipinski definition) is 2. The van der Waals surface area contributed by atoms with E-state index in [1.807, 2.05) is 0 Å². The highest BCUT2D eigenvalue weighted by atomic mass is 15.1. The Morgan fingerprint density at radius 3 is 2.29 bits per heavy atom. The molecular formula is C19H26N2. The lowest BCUT2D eigenvalue weighted by Gasteiger charge is -2.26. The van der Waals surface area contributed by atoms with Gasteiger partial charge in [0.1, 0.15) is 0 Å². The molecule has 1 atom stereocenters. The third-order valence-electron chi connectivity index (χ3n) is 3.94. The normalized spacial score (nSPS) is 12.1. The Balaban J connectivity index is 2.21. The molecule has 0 aliphatic rings. The van der Waals surface area contributed by atoms with Crippen molar-refractivity contribution in [1.82, 2.24) is 0 Å². The molecule has 1 unspecified atom stereocenters. The average molecular weight is 282 g/mol. The molecule has 0 radical (unpaired) electrons. The van der Waals surface area contributed by atoms with Gasteiger partial charge in [-0.15, -0.1) is 0 Å². The molecule has 2 aromatic rings. The summed E-state index contributed by atoms with van der Waals surface area (Å²) in [7, 11) is 0. The summed E-state index contributed by atoms with van der Waals surface area (Å²) in [4.78, 5) is 2.42. The zero-order valence-electron chi connectivity index (χ0n) is 13.1.